The number of hydrogen-bond acceptors (Lipinski definition) is 4. The third kappa shape index (κ3) is 6.05. The first-order valence-corrected chi connectivity index (χ1v) is 10.1. The summed E-state index contributed by atoms with van der Waals surface area (Å²) < 4.78 is 82.3. The van der Waals surface area contributed by atoms with Crippen LogP contribution in [0.15, 0.2) is 84.6 Å². The minimum absolute atomic E-state index is 0.111. The number of amides is 1. The average Bonchev–Trinajstić information content (AvgIpc) is 3.10. The molecule has 3 aromatic rings. The maximum absolute atomic E-state index is 13.3. The third-order valence-corrected chi connectivity index (χ3v) is 4.94. The van der Waals surface area contributed by atoms with Crippen molar-refractivity contribution < 1.29 is 40.6 Å². The molecule has 1 N–H and O–H groups in total. The molecule has 182 valence electrons. The highest BCUT2D eigenvalue weighted by molar-refractivity contribution is 6.17. The van der Waals surface area contributed by atoms with Gasteiger partial charge in [0.05, 0.1) is 6.54 Å². The van der Waals surface area contributed by atoms with Crippen molar-refractivity contribution in [2.75, 3.05) is 16.8 Å². The van der Waals surface area contributed by atoms with Gasteiger partial charge in [0.1, 0.15) is 17.2 Å². The number of carbonyl (C=O) groups excluding carboxylic acids is 1. The zero-order valence-electron chi connectivity index (χ0n) is 17.7. The molecule has 1 heterocycles. The van der Waals surface area contributed by atoms with E-state index in [-0.39, 0.29) is 12.2 Å². The van der Waals surface area contributed by atoms with Gasteiger partial charge in [-0.2, -0.15) is 0 Å². The molecule has 1 aliphatic heterocycles. The number of ether oxygens (including phenoxy) is 2. The summed E-state index contributed by atoms with van der Waals surface area (Å²) in [4.78, 5) is 14.6. The first kappa shape index (κ1) is 24.0. The Morgan fingerprint density at radius 1 is 0.714 bits per heavy atom. The van der Waals surface area contributed by atoms with Gasteiger partial charge in [0.2, 0.25) is 0 Å². The Hall–Kier alpha value is -4.15. The number of alkyl halides is 6. The van der Waals surface area contributed by atoms with Gasteiger partial charge >= 0.3 is 12.7 Å². The molecule has 0 spiro atoms. The highest BCUT2D eigenvalue weighted by atomic mass is 19.4. The van der Waals surface area contributed by atoms with Crippen LogP contribution in [-0.2, 0) is 4.79 Å². The number of hydrogen-bond donors (Lipinski definition) is 1. The molecule has 0 saturated carbocycles. The van der Waals surface area contributed by atoms with E-state index in [1.54, 1.807) is 30.3 Å². The Kier molecular flexibility index (Phi) is 6.33. The number of rotatable bonds is 6. The Morgan fingerprint density at radius 3 is 1.74 bits per heavy atom. The molecule has 0 fully saturated rings. The Labute approximate surface area is 195 Å². The molecule has 0 aromatic heterocycles. The van der Waals surface area contributed by atoms with E-state index < -0.39 is 30.1 Å². The first-order chi connectivity index (χ1) is 16.5. The second-order valence-electron chi connectivity index (χ2n) is 7.35. The number of nitrogens with one attached hydrogen (secondary N) is 1. The predicted molar refractivity (Wildman–Crippen MR) is 116 cm³/mol. The lowest BCUT2D eigenvalue weighted by Crippen LogP contribution is -2.28. The zero-order chi connectivity index (χ0) is 25.2. The van der Waals surface area contributed by atoms with Crippen molar-refractivity contribution in [1.82, 2.24) is 0 Å². The number of halogens is 6. The van der Waals surface area contributed by atoms with Crippen LogP contribution in [0.1, 0.15) is 5.56 Å². The lowest BCUT2D eigenvalue weighted by Gasteiger charge is -2.18. The van der Waals surface area contributed by atoms with Crippen LogP contribution in [0.25, 0.3) is 5.57 Å². The van der Waals surface area contributed by atoms with E-state index in [2.05, 4.69) is 14.8 Å². The van der Waals surface area contributed by atoms with Crippen LogP contribution in [0.5, 0.6) is 11.5 Å². The number of benzene rings is 3. The van der Waals surface area contributed by atoms with Crippen LogP contribution in [0.4, 0.5) is 37.7 Å². The van der Waals surface area contributed by atoms with E-state index in [0.717, 1.165) is 29.8 Å². The van der Waals surface area contributed by atoms with Crippen LogP contribution < -0.4 is 19.7 Å². The summed E-state index contributed by atoms with van der Waals surface area (Å²) in [6, 6.07) is 18.6. The Morgan fingerprint density at radius 2 is 1.23 bits per heavy atom. The summed E-state index contributed by atoms with van der Waals surface area (Å²) in [5, 5.41) is 2.95. The molecular formula is C24H16F6N2O3. The molecule has 0 saturated heterocycles. The van der Waals surface area contributed by atoms with Gasteiger partial charge in [-0.15, -0.1) is 26.3 Å². The lowest BCUT2D eigenvalue weighted by atomic mass is 10.1. The van der Waals surface area contributed by atoms with Crippen LogP contribution in [0.2, 0.25) is 0 Å². The SMILES string of the molecule is O=C1C(Nc2ccc(OC(F)(F)F)cc2)=C(c2ccccc2)CN1c1ccc(OC(F)(F)F)cc1. The zero-order valence-corrected chi connectivity index (χ0v) is 17.7. The molecule has 3 aromatic carbocycles. The molecule has 0 radical (unpaired) electrons. The standard InChI is InChI=1S/C24H16F6N2O3/c25-23(26,27)34-18-10-6-16(7-11-18)31-21-20(15-4-2-1-3-5-15)14-32(22(21)33)17-8-12-19(13-9-17)35-24(28,29)30/h1-13,31H,14H2. The first-order valence-electron chi connectivity index (χ1n) is 10.1. The summed E-state index contributed by atoms with van der Waals surface area (Å²) in [6.07, 6.45) is -9.68. The molecular weight excluding hydrogens is 478 g/mol. The van der Waals surface area contributed by atoms with E-state index in [9.17, 15) is 31.1 Å². The van der Waals surface area contributed by atoms with Gasteiger partial charge < -0.3 is 19.7 Å². The monoisotopic (exact) mass is 494 g/mol. The minimum Gasteiger partial charge on any atom is -0.406 e. The van der Waals surface area contributed by atoms with E-state index in [1.165, 1.54) is 29.2 Å². The predicted octanol–water partition coefficient (Wildman–Crippen LogP) is 6.35. The second kappa shape index (κ2) is 9.24. The van der Waals surface area contributed by atoms with Gasteiger partial charge in [-0.1, -0.05) is 30.3 Å². The molecule has 35 heavy (non-hydrogen) atoms. The fourth-order valence-corrected chi connectivity index (χ4v) is 3.50. The highest BCUT2D eigenvalue weighted by Crippen LogP contribution is 2.34. The van der Waals surface area contributed by atoms with Crippen LogP contribution >= 0.6 is 0 Å². The van der Waals surface area contributed by atoms with Crippen molar-refractivity contribution in [3.05, 3.63) is 90.1 Å². The maximum Gasteiger partial charge on any atom is 0.573 e. The van der Waals surface area contributed by atoms with Crippen LogP contribution in [0, 0.1) is 0 Å². The summed E-state index contributed by atoms with van der Waals surface area (Å²) in [5.41, 5.74) is 2.17. The maximum atomic E-state index is 13.3. The molecule has 0 unspecified atom stereocenters. The smallest absolute Gasteiger partial charge is 0.406 e. The van der Waals surface area contributed by atoms with Crippen molar-refractivity contribution in [1.29, 1.82) is 0 Å². The molecule has 0 bridgehead atoms. The summed E-state index contributed by atoms with van der Waals surface area (Å²) in [7, 11) is 0. The van der Waals surface area contributed by atoms with E-state index in [1.807, 2.05) is 0 Å². The Bertz CT molecular complexity index is 1220. The minimum atomic E-state index is -4.84. The van der Waals surface area contributed by atoms with Gasteiger partial charge in [-0.3, -0.25) is 4.79 Å². The highest BCUT2D eigenvalue weighted by Gasteiger charge is 2.34. The summed E-state index contributed by atoms with van der Waals surface area (Å²) >= 11 is 0. The molecule has 11 heteroatoms. The molecule has 5 nitrogen and oxygen atoms in total. The van der Waals surface area contributed by atoms with Crippen molar-refractivity contribution in [3.8, 4) is 11.5 Å². The van der Waals surface area contributed by atoms with Crippen molar-refractivity contribution in [3.63, 3.8) is 0 Å². The van der Waals surface area contributed by atoms with Gasteiger partial charge in [-0.25, -0.2) is 0 Å². The molecule has 1 amide bonds. The number of nitrogens with zero attached hydrogens (tertiary/aromatic N) is 1. The van der Waals surface area contributed by atoms with Gasteiger partial charge in [0, 0.05) is 16.9 Å². The average molecular weight is 494 g/mol. The quantitative estimate of drug-likeness (QED) is 0.406. The number of anilines is 2. The van der Waals surface area contributed by atoms with Crippen LogP contribution in [-0.4, -0.2) is 25.2 Å². The molecule has 4 rings (SSSR count). The van der Waals surface area contributed by atoms with Crippen molar-refractivity contribution >= 4 is 22.9 Å². The van der Waals surface area contributed by atoms with Crippen molar-refractivity contribution in [2.24, 2.45) is 0 Å². The fraction of sp³-hybridized carbons (Fsp3) is 0.125. The van der Waals surface area contributed by atoms with Crippen LogP contribution in [0.3, 0.4) is 0 Å². The molecule has 0 atom stereocenters. The third-order valence-electron chi connectivity index (χ3n) is 4.94. The van der Waals surface area contributed by atoms with E-state index >= 15 is 0 Å². The second-order valence-corrected chi connectivity index (χ2v) is 7.35. The topological polar surface area (TPSA) is 50.8 Å². The molecule has 1 aliphatic rings. The normalized spacial score (nSPS) is 14.3. The fourth-order valence-electron chi connectivity index (χ4n) is 3.50. The van der Waals surface area contributed by atoms with E-state index in [4.69, 9.17) is 0 Å². The van der Waals surface area contributed by atoms with Gasteiger partial charge in [0.15, 0.2) is 0 Å². The largest absolute Gasteiger partial charge is 0.573 e. The summed E-state index contributed by atoms with van der Waals surface area (Å²) in [6.45, 7) is 0.111. The van der Waals surface area contributed by atoms with Gasteiger partial charge in [0.25, 0.3) is 5.91 Å². The number of carbonyl (C=O) groups is 1. The Balaban J connectivity index is 1.60. The van der Waals surface area contributed by atoms with E-state index in [0.29, 0.717) is 16.9 Å². The van der Waals surface area contributed by atoms with Crippen molar-refractivity contribution in [2.45, 2.75) is 12.7 Å². The lowest BCUT2D eigenvalue weighted by molar-refractivity contribution is -0.275. The summed E-state index contributed by atoms with van der Waals surface area (Å²) in [5.74, 6) is -1.31. The molecule has 0 aliphatic carbocycles. The van der Waals surface area contributed by atoms with Gasteiger partial charge in [-0.05, 0) is 54.1 Å².